The van der Waals surface area contributed by atoms with Crippen LogP contribution in [0.4, 0.5) is 5.13 Å². The minimum absolute atomic E-state index is 0.240. The minimum Gasteiger partial charge on any atom is -0.468 e. The third kappa shape index (κ3) is 4.25. The summed E-state index contributed by atoms with van der Waals surface area (Å²) in [6.45, 7) is 9.05. The predicted molar refractivity (Wildman–Crippen MR) is 96.1 cm³/mol. The molecule has 0 unspecified atom stereocenters. The number of esters is 1. The Bertz CT molecular complexity index is 531. The molecule has 0 bridgehead atoms. The summed E-state index contributed by atoms with van der Waals surface area (Å²) in [6, 6.07) is 0. The number of methoxy groups -OCH3 is 1. The molecule has 0 aromatic carbocycles. The van der Waals surface area contributed by atoms with Crippen LogP contribution in [0.25, 0.3) is 0 Å². The van der Waals surface area contributed by atoms with Crippen LogP contribution in [0.3, 0.4) is 0 Å². The van der Waals surface area contributed by atoms with E-state index in [1.807, 2.05) is 20.8 Å². The number of nitrogens with one attached hydrogen (secondary N) is 1. The van der Waals surface area contributed by atoms with E-state index in [2.05, 4.69) is 17.2 Å². The van der Waals surface area contributed by atoms with E-state index in [9.17, 15) is 4.79 Å². The van der Waals surface area contributed by atoms with Gasteiger partial charge in [-0.15, -0.1) is 11.3 Å². The van der Waals surface area contributed by atoms with Gasteiger partial charge in [-0.25, -0.2) is 4.98 Å². The van der Waals surface area contributed by atoms with Gasteiger partial charge in [0, 0.05) is 11.4 Å². The van der Waals surface area contributed by atoms with Crippen LogP contribution in [-0.2, 0) is 14.9 Å². The molecule has 0 aliphatic heterocycles. The first-order valence-corrected chi connectivity index (χ1v) is 9.50. The molecular weight excluding hydrogens is 308 g/mol. The number of ether oxygens (including phenoxy) is 1. The number of aryl methyl sites for hydroxylation is 1. The quantitative estimate of drug-likeness (QED) is 0.774. The van der Waals surface area contributed by atoms with Crippen LogP contribution in [-0.4, -0.2) is 24.6 Å². The van der Waals surface area contributed by atoms with Crippen molar-refractivity contribution < 1.29 is 9.53 Å². The molecule has 2 rings (SSSR count). The van der Waals surface area contributed by atoms with Crippen molar-refractivity contribution >= 4 is 22.4 Å². The lowest BCUT2D eigenvalue weighted by Crippen LogP contribution is -2.31. The Morgan fingerprint density at radius 2 is 1.91 bits per heavy atom. The highest BCUT2D eigenvalue weighted by atomic mass is 32.1. The first kappa shape index (κ1) is 18.2. The summed E-state index contributed by atoms with van der Waals surface area (Å²) in [7, 11) is 1.43. The highest BCUT2D eigenvalue weighted by molar-refractivity contribution is 7.15. The number of aromatic nitrogens is 1. The highest BCUT2D eigenvalue weighted by Crippen LogP contribution is 2.34. The Morgan fingerprint density at radius 3 is 2.48 bits per heavy atom. The van der Waals surface area contributed by atoms with Crippen LogP contribution >= 0.6 is 11.3 Å². The van der Waals surface area contributed by atoms with Crippen LogP contribution in [0.5, 0.6) is 0 Å². The Kier molecular flexibility index (Phi) is 6.06. The van der Waals surface area contributed by atoms with Gasteiger partial charge in [0.1, 0.15) is 5.41 Å². The molecule has 0 amide bonds. The van der Waals surface area contributed by atoms with E-state index in [4.69, 9.17) is 4.74 Å². The summed E-state index contributed by atoms with van der Waals surface area (Å²) in [5, 5.41) is 4.42. The van der Waals surface area contributed by atoms with Crippen molar-refractivity contribution in [3.63, 3.8) is 0 Å². The van der Waals surface area contributed by atoms with Crippen molar-refractivity contribution in [3.05, 3.63) is 10.6 Å². The second-order valence-electron chi connectivity index (χ2n) is 7.22. The Labute approximate surface area is 144 Å². The lowest BCUT2D eigenvalue weighted by atomic mass is 9.81. The number of carbonyl (C=O) groups excluding carboxylic acids is 1. The predicted octanol–water partition coefficient (Wildman–Crippen LogP) is 4.53. The number of hydrogen-bond donors (Lipinski definition) is 1. The Morgan fingerprint density at radius 1 is 1.30 bits per heavy atom. The van der Waals surface area contributed by atoms with E-state index in [0.717, 1.165) is 34.1 Å². The van der Waals surface area contributed by atoms with E-state index in [0.29, 0.717) is 0 Å². The van der Waals surface area contributed by atoms with Gasteiger partial charge in [-0.1, -0.05) is 26.2 Å². The summed E-state index contributed by atoms with van der Waals surface area (Å²) in [4.78, 5) is 17.7. The SMILES string of the molecule is CCC1CCC(CNc2nc(C(C)(C)C(=O)OC)c(C)s2)CC1. The highest BCUT2D eigenvalue weighted by Gasteiger charge is 2.35. The largest absolute Gasteiger partial charge is 0.468 e. The maximum atomic E-state index is 12.0. The molecule has 23 heavy (non-hydrogen) atoms. The fraction of sp³-hybridized carbons (Fsp3) is 0.778. The number of rotatable bonds is 6. The third-order valence-electron chi connectivity index (χ3n) is 5.17. The zero-order valence-electron chi connectivity index (χ0n) is 15.1. The molecule has 1 aromatic heterocycles. The van der Waals surface area contributed by atoms with Crippen LogP contribution < -0.4 is 5.32 Å². The van der Waals surface area contributed by atoms with E-state index < -0.39 is 5.41 Å². The van der Waals surface area contributed by atoms with Crippen molar-refractivity contribution in [1.82, 2.24) is 4.98 Å². The van der Waals surface area contributed by atoms with Crippen molar-refractivity contribution in [2.45, 2.75) is 65.2 Å². The molecule has 0 radical (unpaired) electrons. The smallest absolute Gasteiger partial charge is 0.317 e. The van der Waals surface area contributed by atoms with Gasteiger partial charge in [-0.05, 0) is 45.4 Å². The van der Waals surface area contributed by atoms with Crippen molar-refractivity contribution in [2.75, 3.05) is 19.0 Å². The summed E-state index contributed by atoms with van der Waals surface area (Å²) in [6.07, 6.45) is 6.67. The average molecular weight is 339 g/mol. The lowest BCUT2D eigenvalue weighted by molar-refractivity contribution is -0.146. The lowest BCUT2D eigenvalue weighted by Gasteiger charge is -2.27. The van der Waals surface area contributed by atoms with Gasteiger partial charge in [0.2, 0.25) is 0 Å². The molecule has 1 aliphatic carbocycles. The van der Waals surface area contributed by atoms with Gasteiger partial charge in [0.15, 0.2) is 5.13 Å². The maximum absolute atomic E-state index is 12.0. The van der Waals surface area contributed by atoms with Gasteiger partial charge in [0.25, 0.3) is 0 Å². The molecule has 0 spiro atoms. The van der Waals surface area contributed by atoms with Crippen LogP contribution in [0.15, 0.2) is 0 Å². The molecule has 1 fully saturated rings. The topological polar surface area (TPSA) is 51.2 Å². The zero-order chi connectivity index (χ0) is 17.0. The molecule has 0 saturated heterocycles. The van der Waals surface area contributed by atoms with E-state index in [1.54, 1.807) is 11.3 Å². The van der Waals surface area contributed by atoms with Gasteiger partial charge in [-0.2, -0.15) is 0 Å². The fourth-order valence-electron chi connectivity index (χ4n) is 3.48. The Balaban J connectivity index is 1.95. The standard InChI is InChI=1S/C18H30N2O2S/c1-6-13-7-9-14(10-8-13)11-19-17-20-15(12(2)23-17)18(3,4)16(21)22-5/h13-14H,6-11H2,1-5H3,(H,19,20). The molecule has 130 valence electrons. The number of carbonyl (C=O) groups is 1. The minimum atomic E-state index is -0.700. The zero-order valence-corrected chi connectivity index (χ0v) is 15.9. The van der Waals surface area contributed by atoms with Gasteiger partial charge in [-0.3, -0.25) is 4.79 Å². The average Bonchev–Trinajstić information content (AvgIpc) is 2.94. The van der Waals surface area contributed by atoms with E-state index in [-0.39, 0.29) is 5.97 Å². The van der Waals surface area contributed by atoms with Crippen molar-refractivity contribution in [3.8, 4) is 0 Å². The summed E-state index contributed by atoms with van der Waals surface area (Å²) in [5.41, 5.74) is 0.126. The van der Waals surface area contributed by atoms with Crippen LogP contribution in [0, 0.1) is 18.8 Å². The molecule has 1 saturated carbocycles. The number of nitrogens with zero attached hydrogens (tertiary/aromatic N) is 1. The molecule has 5 heteroatoms. The number of thiazole rings is 1. The van der Waals surface area contributed by atoms with Gasteiger partial charge < -0.3 is 10.1 Å². The van der Waals surface area contributed by atoms with E-state index >= 15 is 0 Å². The summed E-state index contributed by atoms with van der Waals surface area (Å²) >= 11 is 1.63. The molecule has 1 N–H and O–H groups in total. The van der Waals surface area contributed by atoms with Gasteiger partial charge >= 0.3 is 5.97 Å². The molecule has 1 heterocycles. The normalized spacial score (nSPS) is 22.0. The first-order valence-electron chi connectivity index (χ1n) is 8.68. The molecule has 0 atom stereocenters. The first-order chi connectivity index (χ1) is 10.9. The fourth-order valence-corrected chi connectivity index (χ4v) is 4.46. The number of anilines is 1. The number of hydrogen-bond acceptors (Lipinski definition) is 5. The molecular formula is C18H30N2O2S. The summed E-state index contributed by atoms with van der Waals surface area (Å²) in [5.74, 6) is 1.44. The third-order valence-corrected chi connectivity index (χ3v) is 6.10. The molecule has 1 aromatic rings. The van der Waals surface area contributed by atoms with Crippen LogP contribution in [0.2, 0.25) is 0 Å². The molecule has 1 aliphatic rings. The summed E-state index contributed by atoms with van der Waals surface area (Å²) < 4.78 is 4.91. The van der Waals surface area contributed by atoms with E-state index in [1.165, 1.54) is 39.2 Å². The second-order valence-corrected chi connectivity index (χ2v) is 8.42. The van der Waals surface area contributed by atoms with Crippen molar-refractivity contribution in [1.29, 1.82) is 0 Å². The maximum Gasteiger partial charge on any atom is 0.317 e. The molecule has 4 nitrogen and oxygen atoms in total. The van der Waals surface area contributed by atoms with Crippen molar-refractivity contribution in [2.24, 2.45) is 11.8 Å². The second kappa shape index (κ2) is 7.65. The van der Waals surface area contributed by atoms with Crippen LogP contribution in [0.1, 0.15) is 63.4 Å². The Hall–Kier alpha value is -1.10. The monoisotopic (exact) mass is 338 g/mol. The van der Waals surface area contributed by atoms with Gasteiger partial charge in [0.05, 0.1) is 12.8 Å².